The second kappa shape index (κ2) is 5.70. The van der Waals surface area contributed by atoms with E-state index in [1.807, 2.05) is 0 Å². The Kier molecular flexibility index (Phi) is 3.97. The highest BCUT2D eigenvalue weighted by atomic mass is 15.0. The Bertz CT molecular complexity index is 425. The summed E-state index contributed by atoms with van der Waals surface area (Å²) in [7, 11) is 0. The molecule has 106 valence electrons. The lowest BCUT2D eigenvalue weighted by Gasteiger charge is -2.28. The van der Waals surface area contributed by atoms with E-state index >= 15 is 0 Å². The molecule has 0 saturated heterocycles. The number of fused-ring (bicyclic) bond motifs is 1. The molecule has 2 aliphatic rings. The van der Waals surface area contributed by atoms with Gasteiger partial charge in [-0.15, -0.1) is 0 Å². The van der Waals surface area contributed by atoms with Gasteiger partial charge in [0, 0.05) is 23.5 Å². The molecule has 0 aromatic carbocycles. The Hall–Kier alpha value is -0.760. The Balaban J connectivity index is 1.90. The molecule has 2 heteroatoms. The maximum absolute atomic E-state index is 6.30. The first kappa shape index (κ1) is 13.2. The fourth-order valence-corrected chi connectivity index (χ4v) is 4.16. The van der Waals surface area contributed by atoms with Crippen LogP contribution in [0.3, 0.4) is 0 Å². The van der Waals surface area contributed by atoms with Gasteiger partial charge in [-0.05, 0) is 50.7 Å². The summed E-state index contributed by atoms with van der Waals surface area (Å²) in [4.78, 5) is 0. The number of aromatic nitrogens is 1. The minimum Gasteiger partial charge on any atom is -0.346 e. The topological polar surface area (TPSA) is 30.9 Å². The largest absolute Gasteiger partial charge is 0.346 e. The number of nitrogens with two attached hydrogens (primary N) is 1. The van der Waals surface area contributed by atoms with Crippen LogP contribution in [0, 0.1) is 6.92 Å². The van der Waals surface area contributed by atoms with Gasteiger partial charge >= 0.3 is 0 Å². The van der Waals surface area contributed by atoms with E-state index in [-0.39, 0.29) is 6.04 Å². The second-order valence-corrected chi connectivity index (χ2v) is 6.56. The van der Waals surface area contributed by atoms with E-state index in [0.717, 1.165) is 6.04 Å². The molecule has 0 aliphatic heterocycles. The van der Waals surface area contributed by atoms with Gasteiger partial charge in [0.25, 0.3) is 0 Å². The molecular weight excluding hydrogens is 232 g/mol. The molecule has 0 radical (unpaired) electrons. The summed E-state index contributed by atoms with van der Waals surface area (Å²) in [6.45, 7) is 2.28. The summed E-state index contributed by atoms with van der Waals surface area (Å²) in [5.74, 6) is 0. The molecule has 3 rings (SSSR count). The van der Waals surface area contributed by atoms with Crippen molar-refractivity contribution in [2.75, 3.05) is 0 Å². The highest BCUT2D eigenvalue weighted by Gasteiger charge is 2.25. The van der Waals surface area contributed by atoms with Crippen LogP contribution < -0.4 is 5.73 Å². The molecule has 2 aliphatic carbocycles. The third-order valence-electron chi connectivity index (χ3n) is 5.14. The first-order valence-corrected chi connectivity index (χ1v) is 8.23. The normalized spacial score (nSPS) is 25.7. The van der Waals surface area contributed by atoms with Gasteiger partial charge in [0.15, 0.2) is 0 Å². The molecule has 1 atom stereocenters. The van der Waals surface area contributed by atoms with Crippen LogP contribution in [0.1, 0.15) is 86.8 Å². The van der Waals surface area contributed by atoms with Crippen LogP contribution >= 0.6 is 0 Å². The van der Waals surface area contributed by atoms with Crippen molar-refractivity contribution in [1.82, 2.24) is 4.57 Å². The van der Waals surface area contributed by atoms with Crippen molar-refractivity contribution in [3.05, 3.63) is 23.0 Å². The zero-order valence-electron chi connectivity index (χ0n) is 12.3. The van der Waals surface area contributed by atoms with E-state index in [0.29, 0.717) is 0 Å². The molecule has 1 aromatic heterocycles. The lowest BCUT2D eigenvalue weighted by molar-refractivity contribution is 0.357. The van der Waals surface area contributed by atoms with Gasteiger partial charge in [-0.25, -0.2) is 0 Å². The highest BCUT2D eigenvalue weighted by Crippen LogP contribution is 2.36. The van der Waals surface area contributed by atoms with E-state index < -0.39 is 0 Å². The molecule has 0 amide bonds. The van der Waals surface area contributed by atoms with E-state index in [1.54, 1.807) is 5.69 Å². The highest BCUT2D eigenvalue weighted by molar-refractivity contribution is 5.33. The number of rotatable bonds is 1. The second-order valence-electron chi connectivity index (χ2n) is 6.56. The van der Waals surface area contributed by atoms with Crippen molar-refractivity contribution in [3.8, 4) is 0 Å². The summed E-state index contributed by atoms with van der Waals surface area (Å²) in [6.07, 6.45) is 13.5. The molecule has 1 unspecified atom stereocenters. The van der Waals surface area contributed by atoms with Crippen molar-refractivity contribution in [1.29, 1.82) is 0 Å². The summed E-state index contributed by atoms with van der Waals surface area (Å²) < 4.78 is 2.67. The Morgan fingerprint density at radius 1 is 1.00 bits per heavy atom. The van der Waals surface area contributed by atoms with E-state index in [9.17, 15) is 0 Å². The average Bonchev–Trinajstić information content (AvgIpc) is 2.68. The fourth-order valence-electron chi connectivity index (χ4n) is 4.16. The van der Waals surface area contributed by atoms with Crippen LogP contribution in [0.25, 0.3) is 0 Å². The van der Waals surface area contributed by atoms with Crippen LogP contribution in [-0.2, 0) is 6.42 Å². The van der Waals surface area contributed by atoms with E-state index in [1.165, 1.54) is 75.5 Å². The third kappa shape index (κ3) is 2.60. The molecule has 1 saturated carbocycles. The van der Waals surface area contributed by atoms with Gasteiger partial charge in [-0.3, -0.25) is 0 Å². The van der Waals surface area contributed by atoms with Crippen LogP contribution in [-0.4, -0.2) is 4.57 Å². The first-order valence-electron chi connectivity index (χ1n) is 8.23. The summed E-state index contributed by atoms with van der Waals surface area (Å²) in [6, 6.07) is 3.41. The quantitative estimate of drug-likeness (QED) is 0.796. The molecule has 1 fully saturated rings. The average molecular weight is 260 g/mol. The number of hydrogen-bond acceptors (Lipinski definition) is 1. The molecule has 1 heterocycles. The summed E-state index contributed by atoms with van der Waals surface area (Å²) in [5.41, 5.74) is 10.8. The van der Waals surface area contributed by atoms with Crippen molar-refractivity contribution in [2.24, 2.45) is 5.73 Å². The minimum absolute atomic E-state index is 0.289. The van der Waals surface area contributed by atoms with Crippen LogP contribution in [0.2, 0.25) is 0 Å². The van der Waals surface area contributed by atoms with E-state index in [2.05, 4.69) is 17.6 Å². The maximum Gasteiger partial charge on any atom is 0.0336 e. The van der Waals surface area contributed by atoms with Crippen LogP contribution in [0.15, 0.2) is 6.07 Å². The third-order valence-corrected chi connectivity index (χ3v) is 5.14. The zero-order valence-corrected chi connectivity index (χ0v) is 12.3. The number of aryl methyl sites for hydroxylation is 1. The van der Waals surface area contributed by atoms with E-state index in [4.69, 9.17) is 5.73 Å². The maximum atomic E-state index is 6.30. The predicted octanol–water partition coefficient (Wildman–Crippen LogP) is 4.42. The van der Waals surface area contributed by atoms with Gasteiger partial charge in [-0.1, -0.05) is 32.1 Å². The molecule has 19 heavy (non-hydrogen) atoms. The van der Waals surface area contributed by atoms with Crippen LogP contribution in [0.5, 0.6) is 0 Å². The fraction of sp³-hybridized carbons (Fsp3) is 0.765. The predicted molar refractivity (Wildman–Crippen MR) is 80.4 cm³/mol. The standard InChI is InChI=1S/C17H28N2/c1-13-12-15-16(18)10-7-11-17(15)19(13)14-8-5-3-2-4-6-9-14/h12,14,16H,2-11,18H2,1H3. The summed E-state index contributed by atoms with van der Waals surface area (Å²) >= 11 is 0. The van der Waals surface area contributed by atoms with Gasteiger partial charge in [-0.2, -0.15) is 0 Å². The van der Waals surface area contributed by atoms with Crippen LogP contribution in [0.4, 0.5) is 0 Å². The van der Waals surface area contributed by atoms with Crippen molar-refractivity contribution in [3.63, 3.8) is 0 Å². The van der Waals surface area contributed by atoms with Gasteiger partial charge < -0.3 is 10.3 Å². The van der Waals surface area contributed by atoms with Crippen molar-refractivity contribution < 1.29 is 0 Å². The molecule has 2 N–H and O–H groups in total. The SMILES string of the molecule is Cc1cc2c(n1C1CCCCCCC1)CCCC2N. The Morgan fingerprint density at radius 3 is 2.42 bits per heavy atom. The molecule has 2 nitrogen and oxygen atoms in total. The lowest BCUT2D eigenvalue weighted by Crippen LogP contribution is -2.21. The Morgan fingerprint density at radius 2 is 1.68 bits per heavy atom. The smallest absolute Gasteiger partial charge is 0.0336 e. The number of nitrogens with zero attached hydrogens (tertiary/aromatic N) is 1. The zero-order chi connectivity index (χ0) is 13.2. The molecule has 0 spiro atoms. The van der Waals surface area contributed by atoms with Crippen molar-refractivity contribution in [2.45, 2.75) is 83.2 Å². The van der Waals surface area contributed by atoms with Gasteiger partial charge in [0.2, 0.25) is 0 Å². The Labute approximate surface area is 117 Å². The summed E-state index contributed by atoms with van der Waals surface area (Å²) in [5, 5.41) is 0. The molecule has 0 bridgehead atoms. The van der Waals surface area contributed by atoms with Gasteiger partial charge in [0.1, 0.15) is 0 Å². The monoisotopic (exact) mass is 260 g/mol. The lowest BCUT2D eigenvalue weighted by atomic mass is 9.92. The number of hydrogen-bond donors (Lipinski definition) is 1. The molecule has 1 aromatic rings. The van der Waals surface area contributed by atoms with Crippen molar-refractivity contribution >= 4 is 0 Å². The van der Waals surface area contributed by atoms with Gasteiger partial charge in [0.05, 0.1) is 0 Å². The first-order chi connectivity index (χ1) is 9.27. The minimum atomic E-state index is 0.289. The molecular formula is C17H28N2.